The lowest BCUT2D eigenvalue weighted by Crippen LogP contribution is -2.54. The summed E-state index contributed by atoms with van der Waals surface area (Å²) in [5.74, 6) is 0.816. The minimum atomic E-state index is -0.811. The van der Waals surface area contributed by atoms with E-state index in [2.05, 4.69) is 339 Å². The topological polar surface area (TPSA) is 26.3 Å². The quantitative estimate of drug-likeness (QED) is 0.0568. The highest BCUT2D eigenvalue weighted by Gasteiger charge is 2.66. The van der Waals surface area contributed by atoms with Crippen LogP contribution in [0.1, 0.15) is 795 Å². The number of rotatable bonds is 96. The van der Waals surface area contributed by atoms with E-state index in [0.29, 0.717) is 12.5 Å². The van der Waals surface area contributed by atoms with E-state index in [9.17, 15) is 0 Å². The van der Waals surface area contributed by atoms with Gasteiger partial charge in [0.1, 0.15) is 0 Å². The molecule has 0 bridgehead atoms. The molecule has 0 N–H and O–H groups in total. The molecule has 0 fully saturated rings. The van der Waals surface area contributed by atoms with Crippen LogP contribution in [-0.2, 0) is 9.53 Å². The van der Waals surface area contributed by atoms with Gasteiger partial charge in [0.05, 0.1) is 12.0 Å². The van der Waals surface area contributed by atoms with Gasteiger partial charge in [0, 0.05) is 0 Å². The van der Waals surface area contributed by atoms with E-state index in [1.165, 1.54) is 443 Å². The minimum Gasteiger partial charge on any atom is -0.466 e. The number of hydrogen-bond acceptors (Lipinski definition) is 2. The number of ether oxygens (including phenoxy) is 1. The van der Waals surface area contributed by atoms with Gasteiger partial charge >= 0.3 is 5.97 Å². The van der Waals surface area contributed by atoms with Gasteiger partial charge in [-0.15, -0.1) is 0 Å². The molecule has 0 aromatic rings. The summed E-state index contributed by atoms with van der Waals surface area (Å²) in [6, 6.07) is 0. The summed E-state index contributed by atoms with van der Waals surface area (Å²) in [5, 5.41) is 0. The molecule has 0 saturated heterocycles. The first kappa shape index (κ1) is 147. The number of esters is 1. The molecule has 0 amide bonds. The second-order valence-corrected chi connectivity index (χ2v) is 57.3. The lowest BCUT2D eigenvalue weighted by Gasteiger charge is -2.65. The largest absolute Gasteiger partial charge is 0.466 e. The zero-order chi connectivity index (χ0) is 114. The molecule has 2 nitrogen and oxygen atoms in total. The van der Waals surface area contributed by atoms with Crippen molar-refractivity contribution in [3.8, 4) is 0 Å². The fourth-order valence-electron chi connectivity index (χ4n) is 38.9. The minimum absolute atomic E-state index is 0.0836. The van der Waals surface area contributed by atoms with E-state index >= 15 is 4.79 Å². The molecule has 148 heavy (non-hydrogen) atoms. The molecule has 0 aromatic carbocycles. The Morgan fingerprint density at radius 1 is 0.149 bits per heavy atom. The summed E-state index contributed by atoms with van der Waals surface area (Å²) >= 11 is 0. The maximum absolute atomic E-state index is 18.2. The van der Waals surface area contributed by atoms with Crippen molar-refractivity contribution in [2.75, 3.05) is 6.61 Å². The monoisotopic (exact) mass is 2080 g/mol. The lowest BCUT2D eigenvalue weighted by atomic mass is 9.40. The average molecular weight is 2080 g/mol. The van der Waals surface area contributed by atoms with E-state index in [1.807, 2.05) is 0 Å². The van der Waals surface area contributed by atoms with Crippen LogP contribution in [0.4, 0.5) is 0 Å². The summed E-state index contributed by atoms with van der Waals surface area (Å²) in [5.41, 5.74) is -0.236. The first-order valence-electron chi connectivity index (χ1n) is 68.9. The predicted molar refractivity (Wildman–Crippen MR) is 676 cm³/mol. The highest BCUT2D eigenvalue weighted by molar-refractivity contribution is 5.76. The Labute approximate surface area is 941 Å². The van der Waals surface area contributed by atoms with Crippen LogP contribution < -0.4 is 0 Å². The summed E-state index contributed by atoms with van der Waals surface area (Å²) in [7, 11) is 0. The highest BCUT2D eigenvalue weighted by atomic mass is 16.5. The van der Waals surface area contributed by atoms with Gasteiger partial charge in [-0.3, -0.25) is 4.79 Å². The third kappa shape index (κ3) is 37.3. The van der Waals surface area contributed by atoms with Crippen molar-refractivity contribution in [3.05, 3.63) is 0 Å². The molecule has 0 heterocycles. The van der Waals surface area contributed by atoms with Crippen LogP contribution in [0.5, 0.6) is 0 Å². The Morgan fingerprint density at radius 2 is 0.257 bits per heavy atom. The Bertz CT molecular complexity index is 2790. The van der Waals surface area contributed by atoms with Gasteiger partial charge in [0.15, 0.2) is 0 Å². The molecular formula is C146H292O2. The Kier molecular flexibility index (Phi) is 65.9. The number of carbonyl (C=O) groups is 1. The molecule has 0 aromatic heterocycles. The van der Waals surface area contributed by atoms with Crippen LogP contribution in [0.3, 0.4) is 0 Å². The van der Waals surface area contributed by atoms with E-state index in [1.54, 1.807) is 0 Å². The van der Waals surface area contributed by atoms with Crippen LogP contribution >= 0.6 is 0 Å². The molecule has 888 valence electrons. The van der Waals surface area contributed by atoms with Gasteiger partial charge in [0.2, 0.25) is 0 Å². The van der Waals surface area contributed by atoms with E-state index in [-0.39, 0.29) is 120 Å². The Hall–Kier alpha value is -0.530. The molecule has 3 unspecified atom stereocenters. The van der Waals surface area contributed by atoms with E-state index in [0.717, 1.165) is 12.8 Å². The van der Waals surface area contributed by atoms with Crippen molar-refractivity contribution >= 4 is 5.97 Å². The summed E-state index contributed by atoms with van der Waals surface area (Å²) < 4.78 is 7.42. The molecule has 0 aliphatic rings. The SMILES string of the molecule is CCCC(CC)CC(CC)(CC)CC(CC(CC)(CC)CC)(CC(CC)(CC)CC)CC(CC(CC(CC)(CC)CC)(CC(CC)(CC)CC)CC(CC)(CC)CC)(CC(CC(CC(CC)(CC)CC)(CC(CC)(CC)CC)CC(CC)(CC)CC)(CC(CC(CC)(CC)CC)(CC(CC)(CC)CC)CC(CC)(CC)CC)CC(CC(CC)(CC)CC)(CC(CC)(CC)CC)CC(CC)(CC)CC)CC(C)(CC)C(=O)OCC. The summed E-state index contributed by atoms with van der Waals surface area (Å²) in [6.07, 6.45) is 88.1. The normalized spacial score (nSPS) is 15.5. The van der Waals surface area contributed by atoms with Crippen LogP contribution in [-0.4, -0.2) is 12.6 Å². The van der Waals surface area contributed by atoms with Gasteiger partial charge in [-0.1, -0.05) is 627 Å². The van der Waals surface area contributed by atoms with Crippen molar-refractivity contribution in [2.24, 2.45) is 130 Å². The molecule has 0 rings (SSSR count). The smallest absolute Gasteiger partial charge is 0.311 e. The first-order chi connectivity index (χ1) is 69.8. The molecule has 2 heteroatoms. The summed E-state index contributed by atoms with van der Waals surface area (Å²) in [4.78, 5) is 18.2. The van der Waals surface area contributed by atoms with Gasteiger partial charge in [-0.25, -0.2) is 0 Å². The molecule has 0 saturated carbocycles. The summed E-state index contributed by atoms with van der Waals surface area (Å²) in [6.45, 7) is 134. The second kappa shape index (κ2) is 66.1. The highest BCUT2D eigenvalue weighted by Crippen LogP contribution is 2.77. The number of hydrogen-bond donors (Lipinski definition) is 0. The Morgan fingerprint density at radius 3 is 0.351 bits per heavy atom. The van der Waals surface area contributed by atoms with Crippen molar-refractivity contribution in [1.29, 1.82) is 0 Å². The van der Waals surface area contributed by atoms with E-state index in [4.69, 9.17) is 4.74 Å². The van der Waals surface area contributed by atoms with Crippen LogP contribution in [0.2, 0.25) is 0 Å². The van der Waals surface area contributed by atoms with E-state index < -0.39 is 10.8 Å². The second-order valence-electron chi connectivity index (χ2n) is 57.3. The Balaban J connectivity index is 16.7. The van der Waals surface area contributed by atoms with Gasteiger partial charge in [-0.05, 0) is 293 Å². The third-order valence-corrected chi connectivity index (χ3v) is 53.1. The van der Waals surface area contributed by atoms with Crippen molar-refractivity contribution < 1.29 is 9.53 Å². The van der Waals surface area contributed by atoms with Crippen LogP contribution in [0.25, 0.3) is 0 Å². The number of carbonyl (C=O) groups excluding carboxylic acids is 1. The molecular weight excluding hydrogens is 1790 g/mol. The molecule has 0 spiro atoms. The zero-order valence-corrected chi connectivity index (χ0v) is 113. The maximum Gasteiger partial charge on any atom is 0.311 e. The van der Waals surface area contributed by atoms with Crippen molar-refractivity contribution in [1.82, 2.24) is 0 Å². The molecule has 3 atom stereocenters. The van der Waals surface area contributed by atoms with Crippen molar-refractivity contribution in [3.63, 3.8) is 0 Å². The molecule has 0 aliphatic heterocycles. The van der Waals surface area contributed by atoms with Gasteiger partial charge in [0.25, 0.3) is 0 Å². The lowest BCUT2D eigenvalue weighted by molar-refractivity contribution is -0.166. The van der Waals surface area contributed by atoms with Crippen molar-refractivity contribution in [2.45, 2.75) is 795 Å². The standard InChI is InChI=1S/C146H292O2/c1-50-98-122(51-2)99-139(95-46,96-47)115-145(113-137(89-40,90-41)91-42,114-138(92-43,93-44)94-45)117-140(100-124(49,52-3)123(147)148-97-48,116-141(101-125(53-4,54-5)55-6,102-126(56-7,57-8)58-9)103-127(59-10,60-11)61-12)118-146(119-142(104-128(62-13,63-14)64-15,105-129(65-16,66-17)67-18)106-130(68-19,69-20)70-21,120-143(107-131(71-22,72-23)73-24,108-132(74-25,75-26)76-27)109-133(77-28,78-29)79-30)121-144(110-134(80-31,81-32)82-33,111-135(83-34,84-35)85-36)112-136(86-37,87-38)88-39/h122H,50-121H2,1-49H3. The zero-order valence-electron chi connectivity index (χ0n) is 113. The van der Waals surface area contributed by atoms with Crippen LogP contribution in [0, 0.1) is 130 Å². The maximum atomic E-state index is 18.2. The van der Waals surface area contributed by atoms with Gasteiger partial charge < -0.3 is 4.74 Å². The fraction of sp³-hybridized carbons (Fsp3) is 0.993. The molecule has 0 aliphatic carbocycles. The molecule has 0 radical (unpaired) electrons. The van der Waals surface area contributed by atoms with Crippen LogP contribution in [0.15, 0.2) is 0 Å². The fourth-order valence-corrected chi connectivity index (χ4v) is 38.9. The average Bonchev–Trinajstić information content (AvgIpc) is 0.710. The van der Waals surface area contributed by atoms with Gasteiger partial charge in [-0.2, -0.15) is 0 Å². The predicted octanol–water partition coefficient (Wildman–Crippen LogP) is 52.5. The first-order valence-corrected chi connectivity index (χ1v) is 68.9. The third-order valence-electron chi connectivity index (χ3n) is 53.1.